The van der Waals surface area contributed by atoms with Crippen LogP contribution in [0.5, 0.6) is 0 Å². The van der Waals surface area contributed by atoms with E-state index in [-0.39, 0.29) is 34.7 Å². The molecule has 0 saturated carbocycles. The Labute approximate surface area is 146 Å². The molecule has 11 heteroatoms. The maximum absolute atomic E-state index is 12.1. The van der Waals surface area contributed by atoms with Gasteiger partial charge in [0, 0.05) is 19.1 Å². The predicted octanol–water partition coefficient (Wildman–Crippen LogP) is -0.983. The molecular formula is C14H20N4O5S2. The fourth-order valence-electron chi connectivity index (χ4n) is 3.07. The van der Waals surface area contributed by atoms with Crippen molar-refractivity contribution < 1.29 is 21.6 Å². The average molecular weight is 388 g/mol. The lowest BCUT2D eigenvalue weighted by Crippen LogP contribution is -2.36. The van der Waals surface area contributed by atoms with Gasteiger partial charge in [0.1, 0.15) is 0 Å². The van der Waals surface area contributed by atoms with Crippen molar-refractivity contribution in [1.29, 1.82) is 0 Å². The molecule has 3 rings (SSSR count). The van der Waals surface area contributed by atoms with Gasteiger partial charge >= 0.3 is 0 Å². The van der Waals surface area contributed by atoms with Crippen molar-refractivity contribution in [2.75, 3.05) is 35.0 Å². The molecule has 3 heterocycles. The minimum absolute atomic E-state index is 0.0524. The first-order valence-electron chi connectivity index (χ1n) is 7.93. The number of amides is 1. The Morgan fingerprint density at radius 3 is 2.28 bits per heavy atom. The number of nitrogens with zero attached hydrogens (tertiary/aromatic N) is 3. The molecule has 2 fully saturated rings. The zero-order valence-electron chi connectivity index (χ0n) is 13.8. The normalized spacial score (nSPS) is 27.1. The Bertz CT molecular complexity index is 867. The third-order valence-electron chi connectivity index (χ3n) is 4.57. The number of sulfone groups is 2. The van der Waals surface area contributed by atoms with Crippen LogP contribution < -0.4 is 10.2 Å². The molecule has 2 unspecified atom stereocenters. The van der Waals surface area contributed by atoms with E-state index in [0.717, 1.165) is 0 Å². The molecule has 138 valence electrons. The Balaban J connectivity index is 1.63. The molecule has 1 N–H and O–H groups in total. The zero-order valence-corrected chi connectivity index (χ0v) is 15.4. The molecule has 0 spiro atoms. The lowest BCUT2D eigenvalue weighted by atomic mass is 10.2. The molecule has 2 saturated heterocycles. The lowest BCUT2D eigenvalue weighted by Gasteiger charge is -2.23. The number of anilines is 1. The Morgan fingerprint density at radius 1 is 1.08 bits per heavy atom. The number of carbonyl (C=O) groups excluding carboxylic acids is 1. The third-order valence-corrected chi connectivity index (χ3v) is 8.09. The predicted molar refractivity (Wildman–Crippen MR) is 92.0 cm³/mol. The minimum Gasteiger partial charge on any atom is -0.354 e. The summed E-state index contributed by atoms with van der Waals surface area (Å²) in [7, 11) is -4.31. The highest BCUT2D eigenvalue weighted by molar-refractivity contribution is 7.91. The smallest absolute Gasteiger partial charge is 0.272 e. The molecule has 25 heavy (non-hydrogen) atoms. The maximum atomic E-state index is 12.1. The van der Waals surface area contributed by atoms with E-state index in [1.807, 2.05) is 0 Å². The van der Waals surface area contributed by atoms with Crippen molar-refractivity contribution in [2.24, 2.45) is 0 Å². The van der Waals surface area contributed by atoms with Crippen LogP contribution in [-0.2, 0) is 19.7 Å². The molecule has 1 aromatic rings. The van der Waals surface area contributed by atoms with Crippen LogP contribution in [0.4, 0.5) is 5.82 Å². The fourth-order valence-corrected chi connectivity index (χ4v) is 6.52. The monoisotopic (exact) mass is 388 g/mol. The van der Waals surface area contributed by atoms with Crippen LogP contribution in [0.15, 0.2) is 12.1 Å². The van der Waals surface area contributed by atoms with Gasteiger partial charge in [-0.2, -0.15) is 0 Å². The van der Waals surface area contributed by atoms with Crippen LogP contribution in [0.1, 0.15) is 23.3 Å². The van der Waals surface area contributed by atoms with E-state index >= 15 is 0 Å². The van der Waals surface area contributed by atoms with Gasteiger partial charge < -0.3 is 10.2 Å². The summed E-state index contributed by atoms with van der Waals surface area (Å²) >= 11 is 0. The molecule has 2 atom stereocenters. The summed E-state index contributed by atoms with van der Waals surface area (Å²) in [4.78, 5) is 13.9. The number of rotatable bonds is 4. The van der Waals surface area contributed by atoms with Crippen molar-refractivity contribution >= 4 is 31.4 Å². The number of hydrogen-bond acceptors (Lipinski definition) is 8. The summed E-state index contributed by atoms with van der Waals surface area (Å²) in [6.45, 7) is 0. The Kier molecular flexibility index (Phi) is 4.71. The summed E-state index contributed by atoms with van der Waals surface area (Å²) in [5.74, 6) is 0.305. The SMILES string of the molecule is CN(c1ccc(C(=O)NC2CCS(=O)(=O)C2)nn1)C1CCS(=O)(=O)C1. The lowest BCUT2D eigenvalue weighted by molar-refractivity contribution is 0.0935. The van der Waals surface area contributed by atoms with Crippen LogP contribution >= 0.6 is 0 Å². The van der Waals surface area contributed by atoms with E-state index in [0.29, 0.717) is 18.7 Å². The number of nitrogens with one attached hydrogen (secondary N) is 1. The first-order chi connectivity index (χ1) is 11.7. The summed E-state index contributed by atoms with van der Waals surface area (Å²) in [5, 5.41) is 10.5. The topological polar surface area (TPSA) is 126 Å². The van der Waals surface area contributed by atoms with Crippen molar-refractivity contribution in [3.05, 3.63) is 17.8 Å². The third kappa shape index (κ3) is 4.27. The van der Waals surface area contributed by atoms with Gasteiger partial charge in [-0.15, -0.1) is 10.2 Å². The molecule has 0 bridgehead atoms. The van der Waals surface area contributed by atoms with Gasteiger partial charge in [-0.1, -0.05) is 0 Å². The standard InChI is InChI=1S/C14H20N4O5S2/c1-18(11-5-7-25(22,23)9-11)13-3-2-12(16-17-13)14(19)15-10-4-6-24(20,21)8-10/h2-3,10-11H,4-9H2,1H3,(H,15,19). The van der Waals surface area contributed by atoms with Gasteiger partial charge in [-0.25, -0.2) is 16.8 Å². The highest BCUT2D eigenvalue weighted by Crippen LogP contribution is 2.21. The van der Waals surface area contributed by atoms with Gasteiger partial charge in [0.05, 0.1) is 23.0 Å². The molecule has 1 amide bonds. The van der Waals surface area contributed by atoms with Crippen LogP contribution in [0, 0.1) is 0 Å². The average Bonchev–Trinajstić information content (AvgIpc) is 3.08. The van der Waals surface area contributed by atoms with Crippen LogP contribution in [0.25, 0.3) is 0 Å². The molecular weight excluding hydrogens is 368 g/mol. The Hall–Kier alpha value is -1.75. The van der Waals surface area contributed by atoms with Gasteiger partial charge in [0.15, 0.2) is 31.2 Å². The maximum Gasteiger partial charge on any atom is 0.272 e. The molecule has 2 aliphatic rings. The first-order valence-corrected chi connectivity index (χ1v) is 11.6. The molecule has 0 aromatic carbocycles. The van der Waals surface area contributed by atoms with Crippen molar-refractivity contribution in [1.82, 2.24) is 15.5 Å². The van der Waals surface area contributed by atoms with E-state index < -0.39 is 31.6 Å². The molecule has 9 nitrogen and oxygen atoms in total. The highest BCUT2D eigenvalue weighted by atomic mass is 32.2. The second-order valence-electron chi connectivity index (χ2n) is 6.52. The van der Waals surface area contributed by atoms with Gasteiger partial charge in [-0.05, 0) is 25.0 Å². The van der Waals surface area contributed by atoms with E-state index in [9.17, 15) is 21.6 Å². The van der Waals surface area contributed by atoms with Gasteiger partial charge in [0.2, 0.25) is 0 Å². The van der Waals surface area contributed by atoms with Gasteiger partial charge in [-0.3, -0.25) is 4.79 Å². The highest BCUT2D eigenvalue weighted by Gasteiger charge is 2.32. The summed E-state index contributed by atoms with van der Waals surface area (Å²) in [5.41, 5.74) is 0.0977. The minimum atomic E-state index is -3.07. The summed E-state index contributed by atoms with van der Waals surface area (Å²) < 4.78 is 46.0. The van der Waals surface area contributed by atoms with Crippen molar-refractivity contribution in [2.45, 2.75) is 24.9 Å². The zero-order chi connectivity index (χ0) is 18.2. The number of carbonyl (C=O) groups is 1. The molecule has 0 radical (unpaired) electrons. The second-order valence-corrected chi connectivity index (χ2v) is 11.0. The van der Waals surface area contributed by atoms with Gasteiger partial charge in [0.25, 0.3) is 5.91 Å². The van der Waals surface area contributed by atoms with Crippen LogP contribution in [-0.4, -0.2) is 75.1 Å². The van der Waals surface area contributed by atoms with E-state index in [4.69, 9.17) is 0 Å². The van der Waals surface area contributed by atoms with Crippen LogP contribution in [0.3, 0.4) is 0 Å². The molecule has 0 aliphatic carbocycles. The van der Waals surface area contributed by atoms with E-state index in [1.54, 1.807) is 18.0 Å². The summed E-state index contributed by atoms with van der Waals surface area (Å²) in [6.07, 6.45) is 0.942. The number of hydrogen-bond donors (Lipinski definition) is 1. The van der Waals surface area contributed by atoms with Crippen molar-refractivity contribution in [3.8, 4) is 0 Å². The molecule has 2 aliphatic heterocycles. The van der Waals surface area contributed by atoms with Crippen molar-refractivity contribution in [3.63, 3.8) is 0 Å². The largest absolute Gasteiger partial charge is 0.354 e. The fraction of sp³-hybridized carbons (Fsp3) is 0.643. The van der Waals surface area contributed by atoms with E-state index in [2.05, 4.69) is 15.5 Å². The summed E-state index contributed by atoms with van der Waals surface area (Å²) in [6, 6.07) is 2.56. The number of aromatic nitrogens is 2. The quantitative estimate of drug-likeness (QED) is 0.697. The van der Waals surface area contributed by atoms with E-state index in [1.165, 1.54) is 6.07 Å². The Morgan fingerprint density at radius 2 is 1.76 bits per heavy atom. The van der Waals surface area contributed by atoms with Crippen LogP contribution in [0.2, 0.25) is 0 Å². The second kappa shape index (κ2) is 6.52. The first kappa shape index (κ1) is 18.1. The molecule has 1 aromatic heterocycles.